The topological polar surface area (TPSA) is 63.7 Å². The second-order valence-corrected chi connectivity index (χ2v) is 8.81. The largest absolute Gasteiger partial charge is 0.493 e. The van der Waals surface area contributed by atoms with Gasteiger partial charge in [-0.1, -0.05) is 42.5 Å². The van der Waals surface area contributed by atoms with E-state index >= 15 is 0 Å². The molecule has 2 amide bonds. The number of hydrogen-bond donors (Lipinski definition) is 1. The van der Waals surface area contributed by atoms with Crippen molar-refractivity contribution in [3.05, 3.63) is 95.7 Å². The number of amides is 2. The van der Waals surface area contributed by atoms with Crippen molar-refractivity contribution in [3.63, 3.8) is 0 Å². The Kier molecular flexibility index (Phi) is 6.53. The summed E-state index contributed by atoms with van der Waals surface area (Å²) >= 11 is 0. The Morgan fingerprint density at radius 3 is 2.40 bits per heavy atom. The fourth-order valence-electron chi connectivity index (χ4n) is 4.71. The molecule has 0 radical (unpaired) electrons. The Morgan fingerprint density at radius 2 is 1.69 bits per heavy atom. The molecule has 0 aliphatic carbocycles. The number of rotatable bonds is 7. The SMILES string of the molecule is COc1cc2nccc(Cc3ccc(N4CCC(Cc5ccccc5)NC4=O)cc3)c2cc1OC. The normalized spacial score (nSPS) is 15.7. The summed E-state index contributed by atoms with van der Waals surface area (Å²) in [4.78, 5) is 19.1. The van der Waals surface area contributed by atoms with Crippen molar-refractivity contribution in [3.8, 4) is 11.5 Å². The molecule has 1 fully saturated rings. The lowest BCUT2D eigenvalue weighted by Crippen LogP contribution is -2.52. The standard InChI is InChI=1S/C29H29N3O3/c1-34-27-18-25-22(12-14-30-26(25)19-28(27)35-2)16-21-8-10-24(11-9-21)32-15-13-23(31-29(32)33)17-20-6-4-3-5-7-20/h3-12,14,18-19,23H,13,15-17H2,1-2H3,(H,31,33). The lowest BCUT2D eigenvalue weighted by molar-refractivity contribution is 0.236. The summed E-state index contributed by atoms with van der Waals surface area (Å²) in [5.41, 5.74) is 5.34. The van der Waals surface area contributed by atoms with Crippen LogP contribution in [0, 0.1) is 0 Å². The number of hydrogen-bond acceptors (Lipinski definition) is 4. The van der Waals surface area contributed by atoms with Gasteiger partial charge in [0.05, 0.1) is 19.7 Å². The zero-order valence-electron chi connectivity index (χ0n) is 20.0. The molecule has 35 heavy (non-hydrogen) atoms. The molecule has 1 aliphatic heterocycles. The Balaban J connectivity index is 1.28. The van der Waals surface area contributed by atoms with Crippen molar-refractivity contribution in [1.82, 2.24) is 10.3 Å². The zero-order valence-corrected chi connectivity index (χ0v) is 20.0. The van der Waals surface area contributed by atoms with Gasteiger partial charge in [-0.15, -0.1) is 0 Å². The number of methoxy groups -OCH3 is 2. The number of carbonyl (C=O) groups is 1. The molecule has 5 rings (SSSR count). The first-order chi connectivity index (χ1) is 17.1. The first kappa shape index (κ1) is 22.7. The van der Waals surface area contributed by atoms with Crippen molar-refractivity contribution >= 4 is 22.6 Å². The lowest BCUT2D eigenvalue weighted by atomic mass is 10.00. The number of urea groups is 1. The van der Waals surface area contributed by atoms with Gasteiger partial charge in [0.2, 0.25) is 0 Å². The molecule has 1 N–H and O–H groups in total. The van der Waals surface area contributed by atoms with Crippen molar-refractivity contribution in [2.75, 3.05) is 25.7 Å². The molecule has 0 bridgehead atoms. The van der Waals surface area contributed by atoms with Crippen molar-refractivity contribution in [2.24, 2.45) is 0 Å². The van der Waals surface area contributed by atoms with Crippen LogP contribution in [0.25, 0.3) is 10.9 Å². The van der Waals surface area contributed by atoms with E-state index in [1.807, 2.05) is 59.6 Å². The number of ether oxygens (including phenoxy) is 2. The van der Waals surface area contributed by atoms with Gasteiger partial charge >= 0.3 is 6.03 Å². The van der Waals surface area contributed by atoms with E-state index in [4.69, 9.17) is 9.47 Å². The van der Waals surface area contributed by atoms with Gasteiger partial charge in [-0.05, 0) is 60.2 Å². The highest BCUT2D eigenvalue weighted by Crippen LogP contribution is 2.33. The summed E-state index contributed by atoms with van der Waals surface area (Å²) < 4.78 is 10.9. The molecule has 4 aromatic rings. The second kappa shape index (κ2) is 10.1. The van der Waals surface area contributed by atoms with Crippen LogP contribution in [0.3, 0.4) is 0 Å². The van der Waals surface area contributed by atoms with Crippen molar-refractivity contribution < 1.29 is 14.3 Å². The van der Waals surface area contributed by atoms with Gasteiger partial charge in [-0.2, -0.15) is 0 Å². The van der Waals surface area contributed by atoms with Crippen LogP contribution < -0.4 is 19.7 Å². The van der Waals surface area contributed by atoms with Gasteiger partial charge < -0.3 is 14.8 Å². The van der Waals surface area contributed by atoms with Gasteiger partial charge in [0.15, 0.2) is 11.5 Å². The molecule has 1 aliphatic rings. The Morgan fingerprint density at radius 1 is 0.943 bits per heavy atom. The number of anilines is 1. The van der Waals surface area contributed by atoms with Crippen LogP contribution in [-0.4, -0.2) is 37.8 Å². The number of nitrogens with zero attached hydrogens (tertiary/aromatic N) is 2. The van der Waals surface area contributed by atoms with Crippen LogP contribution in [0.4, 0.5) is 10.5 Å². The molecule has 2 heterocycles. The third-order valence-corrected chi connectivity index (χ3v) is 6.58. The van der Waals surface area contributed by atoms with Gasteiger partial charge in [0.1, 0.15) is 0 Å². The molecule has 1 unspecified atom stereocenters. The first-order valence-corrected chi connectivity index (χ1v) is 11.8. The third-order valence-electron chi connectivity index (χ3n) is 6.58. The van der Waals surface area contributed by atoms with Crippen LogP contribution in [-0.2, 0) is 12.8 Å². The minimum Gasteiger partial charge on any atom is -0.493 e. The highest BCUT2D eigenvalue weighted by molar-refractivity contribution is 5.93. The predicted octanol–water partition coefficient (Wildman–Crippen LogP) is 5.37. The van der Waals surface area contributed by atoms with Gasteiger partial charge in [0.25, 0.3) is 0 Å². The van der Waals surface area contributed by atoms with Crippen LogP contribution in [0.5, 0.6) is 11.5 Å². The third kappa shape index (κ3) is 4.92. The quantitative estimate of drug-likeness (QED) is 0.397. The van der Waals surface area contributed by atoms with E-state index in [1.54, 1.807) is 14.2 Å². The average molecular weight is 468 g/mol. The predicted molar refractivity (Wildman–Crippen MR) is 139 cm³/mol. The molecule has 0 spiro atoms. The minimum atomic E-state index is -0.0360. The summed E-state index contributed by atoms with van der Waals surface area (Å²) in [6.07, 6.45) is 4.34. The number of benzene rings is 3. The van der Waals surface area contributed by atoms with Crippen molar-refractivity contribution in [2.45, 2.75) is 25.3 Å². The van der Waals surface area contributed by atoms with E-state index in [9.17, 15) is 4.79 Å². The molecule has 1 aromatic heterocycles. The van der Waals surface area contributed by atoms with Crippen LogP contribution >= 0.6 is 0 Å². The molecular weight excluding hydrogens is 438 g/mol. The second-order valence-electron chi connectivity index (χ2n) is 8.81. The fraction of sp³-hybridized carbons (Fsp3) is 0.241. The molecule has 6 heteroatoms. The Hall–Kier alpha value is -4.06. The van der Waals surface area contributed by atoms with Crippen LogP contribution in [0.15, 0.2) is 79.0 Å². The molecule has 6 nitrogen and oxygen atoms in total. The summed E-state index contributed by atoms with van der Waals surface area (Å²) in [7, 11) is 3.26. The maximum atomic E-state index is 12.8. The lowest BCUT2D eigenvalue weighted by Gasteiger charge is -2.33. The molecule has 1 saturated heterocycles. The van der Waals surface area contributed by atoms with E-state index in [1.165, 1.54) is 5.56 Å². The maximum Gasteiger partial charge on any atom is 0.322 e. The summed E-state index contributed by atoms with van der Waals surface area (Å²) in [6.45, 7) is 0.708. The first-order valence-electron chi connectivity index (χ1n) is 11.8. The van der Waals surface area contributed by atoms with E-state index < -0.39 is 0 Å². The number of aromatic nitrogens is 1. The van der Waals surface area contributed by atoms with E-state index in [0.717, 1.165) is 47.0 Å². The zero-order chi connectivity index (χ0) is 24.2. The van der Waals surface area contributed by atoms with Crippen molar-refractivity contribution in [1.29, 1.82) is 0 Å². The van der Waals surface area contributed by atoms with E-state index in [0.29, 0.717) is 18.0 Å². The smallest absolute Gasteiger partial charge is 0.322 e. The number of pyridine rings is 1. The highest BCUT2D eigenvalue weighted by Gasteiger charge is 2.26. The highest BCUT2D eigenvalue weighted by atomic mass is 16.5. The van der Waals surface area contributed by atoms with Crippen LogP contribution in [0.1, 0.15) is 23.1 Å². The summed E-state index contributed by atoms with van der Waals surface area (Å²) in [5.74, 6) is 1.35. The molecule has 178 valence electrons. The number of fused-ring (bicyclic) bond motifs is 1. The van der Waals surface area contributed by atoms with E-state index in [2.05, 4.69) is 34.6 Å². The fourth-order valence-corrected chi connectivity index (χ4v) is 4.71. The van der Waals surface area contributed by atoms with E-state index in [-0.39, 0.29) is 12.1 Å². The average Bonchev–Trinajstić information content (AvgIpc) is 2.89. The number of nitrogens with one attached hydrogen (secondary N) is 1. The maximum absolute atomic E-state index is 12.8. The minimum absolute atomic E-state index is 0.0360. The molecule has 0 saturated carbocycles. The molecular formula is C29H29N3O3. The summed E-state index contributed by atoms with van der Waals surface area (Å²) in [6, 6.07) is 24.6. The van der Waals surface area contributed by atoms with Gasteiger partial charge in [-0.25, -0.2) is 4.79 Å². The molecule has 3 aromatic carbocycles. The Labute approximate surface area is 205 Å². The van der Waals surface area contributed by atoms with Gasteiger partial charge in [0, 0.05) is 35.9 Å². The molecule has 1 atom stereocenters. The Bertz CT molecular complexity index is 1320. The monoisotopic (exact) mass is 467 g/mol. The summed E-state index contributed by atoms with van der Waals surface area (Å²) in [5, 5.41) is 4.20. The van der Waals surface area contributed by atoms with Crippen LogP contribution in [0.2, 0.25) is 0 Å². The number of carbonyl (C=O) groups excluding carboxylic acids is 1. The van der Waals surface area contributed by atoms with Gasteiger partial charge in [-0.3, -0.25) is 9.88 Å².